The van der Waals surface area contributed by atoms with Gasteiger partial charge in [0, 0.05) is 24.7 Å². The largest absolute Gasteiger partial charge is 0.481 e. The smallest absolute Gasteiger partial charge is 0.303 e. The maximum atomic E-state index is 10.5. The Hall–Kier alpha value is -1.21. The lowest BCUT2D eigenvalue weighted by Gasteiger charge is -2.27. The van der Waals surface area contributed by atoms with Gasteiger partial charge in [-0.05, 0) is 32.1 Å². The highest BCUT2D eigenvalue weighted by molar-refractivity contribution is 5.66. The molecule has 2 aliphatic rings. The zero-order valence-corrected chi connectivity index (χ0v) is 17.0. The standard InChI is InChI=1S/C22H36O6/c1-2-3-8-11-17(26-25)14-15-19-18(20-16-21(19)28-27-20)12-9-6-4-5-7-10-13-22(23)24/h6,9,14-15,17-21,25H,2-5,7-8,10-13,16H2,1H3,(H,23,24)/t17?,18-,19-,20-,21-/m1/s1. The van der Waals surface area contributed by atoms with Crippen LogP contribution in [-0.4, -0.2) is 34.6 Å². The first-order valence-corrected chi connectivity index (χ1v) is 10.8. The highest BCUT2D eigenvalue weighted by Gasteiger charge is 2.49. The van der Waals surface area contributed by atoms with E-state index in [0.717, 1.165) is 64.2 Å². The Morgan fingerprint density at radius 1 is 1.14 bits per heavy atom. The lowest BCUT2D eigenvalue weighted by molar-refractivity contribution is -0.336. The van der Waals surface area contributed by atoms with Crippen LogP contribution in [0.25, 0.3) is 0 Å². The van der Waals surface area contributed by atoms with Gasteiger partial charge in [-0.2, -0.15) is 0 Å². The van der Waals surface area contributed by atoms with Crippen molar-refractivity contribution in [3.63, 3.8) is 0 Å². The van der Waals surface area contributed by atoms with Crippen LogP contribution in [0.2, 0.25) is 0 Å². The fourth-order valence-corrected chi connectivity index (χ4v) is 4.14. The topological polar surface area (TPSA) is 85.2 Å². The van der Waals surface area contributed by atoms with Gasteiger partial charge >= 0.3 is 5.97 Å². The minimum absolute atomic E-state index is 0.0886. The summed E-state index contributed by atoms with van der Waals surface area (Å²) < 4.78 is 0. The van der Waals surface area contributed by atoms with Gasteiger partial charge in [0.25, 0.3) is 0 Å². The van der Waals surface area contributed by atoms with E-state index in [2.05, 4.69) is 30.0 Å². The second-order valence-corrected chi connectivity index (χ2v) is 7.97. The van der Waals surface area contributed by atoms with Crippen LogP contribution >= 0.6 is 0 Å². The molecule has 0 aromatic heterocycles. The number of hydrogen-bond acceptors (Lipinski definition) is 5. The first-order chi connectivity index (χ1) is 13.7. The van der Waals surface area contributed by atoms with Crippen LogP contribution in [0.3, 0.4) is 0 Å². The monoisotopic (exact) mass is 396 g/mol. The van der Waals surface area contributed by atoms with Gasteiger partial charge in [0.1, 0.15) is 12.2 Å². The van der Waals surface area contributed by atoms with Gasteiger partial charge in [0.05, 0.1) is 6.10 Å². The summed E-state index contributed by atoms with van der Waals surface area (Å²) in [6.45, 7) is 2.16. The first kappa shape index (κ1) is 23.1. The lowest BCUT2D eigenvalue weighted by Crippen LogP contribution is -2.29. The van der Waals surface area contributed by atoms with Gasteiger partial charge in [-0.25, -0.2) is 14.7 Å². The van der Waals surface area contributed by atoms with Crippen LogP contribution in [0.15, 0.2) is 24.3 Å². The van der Waals surface area contributed by atoms with Crippen molar-refractivity contribution in [1.82, 2.24) is 0 Å². The van der Waals surface area contributed by atoms with Crippen LogP contribution < -0.4 is 0 Å². The number of unbranched alkanes of at least 4 members (excludes halogenated alkanes) is 5. The molecule has 0 aromatic rings. The number of carboxylic acid groups (broad SMARTS) is 1. The second-order valence-electron chi connectivity index (χ2n) is 7.97. The van der Waals surface area contributed by atoms with Crippen molar-refractivity contribution >= 4 is 5.97 Å². The van der Waals surface area contributed by atoms with E-state index >= 15 is 0 Å². The summed E-state index contributed by atoms with van der Waals surface area (Å²) in [5.41, 5.74) is 0. The Kier molecular flexibility index (Phi) is 10.8. The number of aliphatic carboxylic acids is 1. The van der Waals surface area contributed by atoms with Gasteiger partial charge in [-0.15, -0.1) is 0 Å². The quantitative estimate of drug-likeness (QED) is 0.169. The van der Waals surface area contributed by atoms with E-state index in [1.807, 2.05) is 6.08 Å². The predicted octanol–water partition coefficient (Wildman–Crippen LogP) is 5.30. The SMILES string of the molecule is CCCCCC(C=C[C@@H]1[C@@H](CC=CCCCCCC(=O)O)[C@H]2C[C@H]1OO2)OO. The minimum Gasteiger partial charge on any atom is -0.481 e. The van der Waals surface area contributed by atoms with Gasteiger partial charge < -0.3 is 5.11 Å². The summed E-state index contributed by atoms with van der Waals surface area (Å²) in [4.78, 5) is 26.0. The van der Waals surface area contributed by atoms with Crippen LogP contribution in [0.5, 0.6) is 0 Å². The molecular formula is C22H36O6. The second kappa shape index (κ2) is 13.1. The van der Waals surface area contributed by atoms with Crippen molar-refractivity contribution in [2.24, 2.45) is 11.8 Å². The third kappa shape index (κ3) is 7.66. The lowest BCUT2D eigenvalue weighted by atomic mass is 9.89. The van der Waals surface area contributed by atoms with Crippen molar-refractivity contribution in [3.05, 3.63) is 24.3 Å². The maximum Gasteiger partial charge on any atom is 0.303 e. The van der Waals surface area contributed by atoms with Gasteiger partial charge in [0.15, 0.2) is 0 Å². The molecule has 5 atom stereocenters. The highest BCUT2D eigenvalue weighted by atomic mass is 17.2. The van der Waals surface area contributed by atoms with E-state index in [1.165, 1.54) is 0 Å². The van der Waals surface area contributed by atoms with Crippen molar-refractivity contribution in [1.29, 1.82) is 0 Å². The summed E-state index contributed by atoms with van der Waals surface area (Å²) in [5, 5.41) is 17.8. The van der Waals surface area contributed by atoms with E-state index in [1.54, 1.807) is 0 Å². The third-order valence-corrected chi connectivity index (χ3v) is 5.78. The minimum atomic E-state index is -0.715. The number of carbonyl (C=O) groups is 1. The molecule has 1 aliphatic heterocycles. The molecule has 2 rings (SSSR count). The third-order valence-electron chi connectivity index (χ3n) is 5.78. The molecule has 1 saturated heterocycles. The molecule has 28 heavy (non-hydrogen) atoms. The van der Waals surface area contributed by atoms with E-state index < -0.39 is 5.97 Å². The molecule has 6 nitrogen and oxygen atoms in total. The van der Waals surface area contributed by atoms with E-state index in [-0.39, 0.29) is 30.7 Å². The van der Waals surface area contributed by atoms with Crippen molar-refractivity contribution in [2.75, 3.05) is 0 Å². The Balaban J connectivity index is 1.74. The van der Waals surface area contributed by atoms with Crippen LogP contribution in [-0.2, 0) is 19.5 Å². The fourth-order valence-electron chi connectivity index (χ4n) is 4.14. The van der Waals surface area contributed by atoms with E-state index in [4.69, 9.17) is 20.1 Å². The molecule has 0 spiro atoms. The Labute approximate surface area is 168 Å². The number of fused-ring (bicyclic) bond motifs is 2. The zero-order chi connectivity index (χ0) is 20.2. The maximum absolute atomic E-state index is 10.5. The first-order valence-electron chi connectivity index (χ1n) is 10.8. The highest BCUT2D eigenvalue weighted by Crippen LogP contribution is 2.45. The summed E-state index contributed by atoms with van der Waals surface area (Å²) in [6.07, 6.45) is 18.5. The number of carboxylic acids is 1. The molecule has 1 unspecified atom stereocenters. The van der Waals surface area contributed by atoms with Gasteiger partial charge in [-0.1, -0.05) is 56.9 Å². The molecule has 1 saturated carbocycles. The Morgan fingerprint density at radius 2 is 1.96 bits per heavy atom. The zero-order valence-electron chi connectivity index (χ0n) is 17.0. The van der Waals surface area contributed by atoms with E-state index in [9.17, 15) is 4.79 Å². The van der Waals surface area contributed by atoms with Crippen molar-refractivity contribution in [2.45, 2.75) is 95.9 Å². The number of allylic oxidation sites excluding steroid dienone is 2. The number of hydrogen-bond donors (Lipinski definition) is 2. The van der Waals surface area contributed by atoms with Crippen molar-refractivity contribution in [3.8, 4) is 0 Å². The molecular weight excluding hydrogens is 360 g/mol. The Morgan fingerprint density at radius 3 is 2.71 bits per heavy atom. The van der Waals surface area contributed by atoms with Crippen LogP contribution in [0.1, 0.15) is 77.6 Å². The normalized spacial score (nSPS) is 27.9. The van der Waals surface area contributed by atoms with Gasteiger partial charge in [0.2, 0.25) is 0 Å². The molecule has 0 aromatic carbocycles. The molecule has 0 amide bonds. The summed E-state index contributed by atoms with van der Waals surface area (Å²) >= 11 is 0. The molecule has 6 heteroatoms. The van der Waals surface area contributed by atoms with E-state index in [0.29, 0.717) is 5.92 Å². The molecule has 2 fully saturated rings. The average Bonchev–Trinajstić information content (AvgIpc) is 3.28. The van der Waals surface area contributed by atoms with Gasteiger partial charge in [-0.3, -0.25) is 10.1 Å². The summed E-state index contributed by atoms with van der Waals surface area (Å²) in [6, 6.07) is 0. The molecule has 1 aliphatic carbocycles. The summed E-state index contributed by atoms with van der Waals surface area (Å²) in [7, 11) is 0. The molecule has 0 radical (unpaired) electrons. The van der Waals surface area contributed by atoms with Crippen molar-refractivity contribution < 1.29 is 29.8 Å². The summed E-state index contributed by atoms with van der Waals surface area (Å²) in [5.74, 6) is -0.0524. The Bertz CT molecular complexity index is 503. The van der Waals surface area contributed by atoms with Crippen LogP contribution in [0, 0.1) is 11.8 Å². The number of rotatable bonds is 15. The fraction of sp³-hybridized carbons (Fsp3) is 0.773. The molecule has 2 N–H and O–H groups in total. The van der Waals surface area contributed by atoms with Crippen LogP contribution in [0.4, 0.5) is 0 Å². The molecule has 2 bridgehead atoms. The molecule has 160 valence electrons. The predicted molar refractivity (Wildman–Crippen MR) is 107 cm³/mol. The molecule has 1 heterocycles. The average molecular weight is 397 g/mol.